The third-order valence-corrected chi connectivity index (χ3v) is 5.60. The quantitative estimate of drug-likeness (QED) is 0.430. The van der Waals surface area contributed by atoms with E-state index < -0.39 is 11.7 Å². The van der Waals surface area contributed by atoms with E-state index in [1.807, 2.05) is 20.0 Å². The molecule has 0 saturated carbocycles. The summed E-state index contributed by atoms with van der Waals surface area (Å²) < 4.78 is 21.7. The molecule has 4 aromatic rings. The maximum absolute atomic E-state index is 14.6. The van der Waals surface area contributed by atoms with Crippen LogP contribution in [0.3, 0.4) is 0 Å². The molecule has 11 heteroatoms. The molecule has 2 amide bonds. The van der Waals surface area contributed by atoms with E-state index in [1.165, 1.54) is 41.8 Å². The van der Waals surface area contributed by atoms with Crippen LogP contribution < -0.4 is 15.8 Å². The summed E-state index contributed by atoms with van der Waals surface area (Å²) in [6.07, 6.45) is 3.02. The predicted molar refractivity (Wildman–Crippen MR) is 121 cm³/mol. The first-order valence-corrected chi connectivity index (χ1v) is 10.6. The Morgan fingerprint density at radius 1 is 1.24 bits per heavy atom. The van der Waals surface area contributed by atoms with Gasteiger partial charge in [-0.2, -0.15) is 5.10 Å². The fraction of sp³-hybridized carbons (Fsp3) is 0.136. The molecule has 0 unspecified atom stereocenters. The lowest BCUT2D eigenvalue weighted by molar-refractivity contribution is -0.115. The molecule has 3 N–H and O–H groups in total. The zero-order valence-electron chi connectivity index (χ0n) is 17.7. The Balaban J connectivity index is 1.44. The van der Waals surface area contributed by atoms with Crippen molar-refractivity contribution in [1.29, 1.82) is 0 Å². The third-order valence-electron chi connectivity index (χ3n) is 4.71. The Morgan fingerprint density at radius 3 is 2.76 bits per heavy atom. The number of primary amides is 1. The average Bonchev–Trinajstić information content (AvgIpc) is 3.34. The molecule has 3 heterocycles. The minimum Gasteiger partial charge on any atom is -0.435 e. The molecule has 1 aromatic carbocycles. The summed E-state index contributed by atoms with van der Waals surface area (Å²) in [4.78, 5) is 33.3. The smallest absolute Gasteiger partial charge is 0.254 e. The number of thiazole rings is 1. The summed E-state index contributed by atoms with van der Waals surface area (Å²) in [5.41, 5.74) is 7.34. The van der Waals surface area contributed by atoms with Crippen LogP contribution in [0, 0.1) is 12.7 Å². The second-order valence-electron chi connectivity index (χ2n) is 7.08. The van der Waals surface area contributed by atoms with Crippen LogP contribution in [0.4, 0.5) is 9.52 Å². The molecular weight excluding hydrogens is 447 g/mol. The number of amides is 2. The van der Waals surface area contributed by atoms with Crippen LogP contribution in [0.2, 0.25) is 0 Å². The molecule has 4 rings (SSSR count). The molecule has 0 radical (unpaired) electrons. The van der Waals surface area contributed by atoms with Crippen LogP contribution in [0.1, 0.15) is 20.8 Å². The number of ether oxygens (including phenoxy) is 1. The lowest BCUT2D eigenvalue weighted by Crippen LogP contribution is -2.14. The van der Waals surface area contributed by atoms with E-state index in [0.717, 1.165) is 16.3 Å². The summed E-state index contributed by atoms with van der Waals surface area (Å²) in [6, 6.07) is 8.91. The molecule has 0 bridgehead atoms. The van der Waals surface area contributed by atoms with Crippen molar-refractivity contribution in [2.24, 2.45) is 12.8 Å². The third kappa shape index (κ3) is 4.88. The van der Waals surface area contributed by atoms with Crippen molar-refractivity contribution < 1.29 is 18.7 Å². The van der Waals surface area contributed by atoms with Crippen LogP contribution in [-0.4, -0.2) is 31.6 Å². The number of nitrogens with one attached hydrogen (secondary N) is 1. The van der Waals surface area contributed by atoms with Gasteiger partial charge in [-0.05, 0) is 42.8 Å². The highest BCUT2D eigenvalue weighted by molar-refractivity contribution is 7.16. The van der Waals surface area contributed by atoms with Gasteiger partial charge in [-0.3, -0.25) is 14.3 Å². The van der Waals surface area contributed by atoms with Crippen molar-refractivity contribution >= 4 is 28.3 Å². The Morgan fingerprint density at radius 2 is 2.06 bits per heavy atom. The predicted octanol–water partition coefficient (Wildman–Crippen LogP) is 3.46. The molecule has 0 atom stereocenters. The first kappa shape index (κ1) is 22.1. The van der Waals surface area contributed by atoms with E-state index in [-0.39, 0.29) is 29.5 Å². The van der Waals surface area contributed by atoms with Crippen molar-refractivity contribution in [2.45, 2.75) is 13.3 Å². The summed E-state index contributed by atoms with van der Waals surface area (Å²) in [7, 11) is 1.82. The fourth-order valence-corrected chi connectivity index (χ4v) is 3.98. The highest BCUT2D eigenvalue weighted by Gasteiger charge is 2.17. The maximum atomic E-state index is 14.6. The van der Waals surface area contributed by atoms with Crippen molar-refractivity contribution in [3.63, 3.8) is 0 Å². The van der Waals surface area contributed by atoms with Crippen LogP contribution in [-0.2, 0) is 18.3 Å². The zero-order chi connectivity index (χ0) is 23.5. The molecular formula is C22H19FN6O3S. The Kier molecular flexibility index (Phi) is 6.13. The summed E-state index contributed by atoms with van der Waals surface area (Å²) in [5, 5.41) is 7.33. The first-order valence-electron chi connectivity index (χ1n) is 9.78. The second-order valence-corrected chi connectivity index (χ2v) is 8.28. The number of aryl methyl sites for hydroxylation is 2. The van der Waals surface area contributed by atoms with Gasteiger partial charge in [0.15, 0.2) is 16.7 Å². The molecule has 0 aliphatic rings. The van der Waals surface area contributed by atoms with Crippen LogP contribution >= 0.6 is 11.3 Å². The number of carbonyl (C=O) groups is 2. The van der Waals surface area contributed by atoms with Gasteiger partial charge in [0, 0.05) is 24.3 Å². The normalized spacial score (nSPS) is 10.8. The number of benzene rings is 1. The van der Waals surface area contributed by atoms with Gasteiger partial charge in [0.2, 0.25) is 11.8 Å². The monoisotopic (exact) mass is 466 g/mol. The minimum absolute atomic E-state index is 0.0320. The van der Waals surface area contributed by atoms with Crippen molar-refractivity contribution in [2.75, 3.05) is 5.32 Å². The van der Waals surface area contributed by atoms with E-state index in [1.54, 1.807) is 16.9 Å². The number of hydrogen-bond acceptors (Lipinski definition) is 7. The van der Waals surface area contributed by atoms with Crippen LogP contribution in [0.25, 0.3) is 11.4 Å². The standard InChI is InChI=1S/C22H19FN6O3S/c1-12-19(16-7-9-26-29(16)2)28-22(33-12)27-18(30)11-13-5-6-17(15(23)10-13)32-21-14(20(24)31)4-3-8-25-21/h3-10H,11H2,1-2H3,(H2,24,31)(H,27,28,30). The molecule has 0 spiro atoms. The van der Waals surface area contributed by atoms with Gasteiger partial charge in [0.1, 0.15) is 11.3 Å². The molecule has 0 saturated heterocycles. The van der Waals surface area contributed by atoms with Crippen molar-refractivity contribution in [1.82, 2.24) is 19.7 Å². The van der Waals surface area contributed by atoms with Gasteiger partial charge >= 0.3 is 0 Å². The zero-order valence-corrected chi connectivity index (χ0v) is 18.5. The second kappa shape index (κ2) is 9.17. The minimum atomic E-state index is -0.740. The number of nitrogens with zero attached hydrogens (tertiary/aromatic N) is 4. The Hall–Kier alpha value is -4.12. The molecule has 0 aliphatic carbocycles. The number of nitrogens with two attached hydrogens (primary N) is 1. The molecule has 3 aromatic heterocycles. The first-order chi connectivity index (χ1) is 15.8. The van der Waals surface area contributed by atoms with Gasteiger partial charge in [0.05, 0.1) is 12.1 Å². The van der Waals surface area contributed by atoms with Crippen molar-refractivity contribution in [3.8, 4) is 23.0 Å². The Bertz CT molecular complexity index is 1350. The van der Waals surface area contributed by atoms with E-state index in [4.69, 9.17) is 10.5 Å². The number of halogens is 1. The maximum Gasteiger partial charge on any atom is 0.254 e. The van der Waals surface area contributed by atoms with E-state index in [2.05, 4.69) is 20.4 Å². The number of hydrogen-bond donors (Lipinski definition) is 2. The number of carbonyl (C=O) groups excluding carboxylic acids is 2. The SMILES string of the molecule is Cc1sc(NC(=O)Cc2ccc(Oc3ncccc3C(N)=O)c(F)c2)nc1-c1ccnn1C. The number of anilines is 1. The van der Waals surface area contributed by atoms with Crippen LogP contribution in [0.15, 0.2) is 48.8 Å². The van der Waals surface area contributed by atoms with Crippen LogP contribution in [0.5, 0.6) is 11.6 Å². The topological polar surface area (TPSA) is 125 Å². The fourth-order valence-electron chi connectivity index (χ4n) is 3.14. The largest absolute Gasteiger partial charge is 0.435 e. The highest BCUT2D eigenvalue weighted by atomic mass is 32.1. The van der Waals surface area contributed by atoms with Gasteiger partial charge in [-0.25, -0.2) is 14.4 Å². The average molecular weight is 466 g/mol. The van der Waals surface area contributed by atoms with Gasteiger partial charge in [0.25, 0.3) is 5.91 Å². The van der Waals surface area contributed by atoms with Gasteiger partial charge in [-0.1, -0.05) is 6.07 Å². The highest BCUT2D eigenvalue weighted by Crippen LogP contribution is 2.30. The molecule has 168 valence electrons. The van der Waals surface area contributed by atoms with Gasteiger partial charge in [-0.15, -0.1) is 11.3 Å². The molecule has 33 heavy (non-hydrogen) atoms. The number of aromatic nitrogens is 4. The van der Waals surface area contributed by atoms with E-state index in [9.17, 15) is 14.0 Å². The summed E-state index contributed by atoms with van der Waals surface area (Å²) in [6.45, 7) is 1.91. The van der Waals surface area contributed by atoms with Gasteiger partial charge < -0.3 is 15.8 Å². The number of pyridine rings is 1. The Labute approximate surface area is 192 Å². The van der Waals surface area contributed by atoms with E-state index in [0.29, 0.717) is 10.7 Å². The summed E-state index contributed by atoms with van der Waals surface area (Å²) >= 11 is 1.35. The van der Waals surface area contributed by atoms with Crippen molar-refractivity contribution in [3.05, 3.63) is 70.6 Å². The molecule has 0 aliphatic heterocycles. The summed E-state index contributed by atoms with van der Waals surface area (Å²) in [5.74, 6) is -2.02. The molecule has 9 nitrogen and oxygen atoms in total. The molecule has 0 fully saturated rings. The lowest BCUT2D eigenvalue weighted by atomic mass is 10.1. The lowest BCUT2D eigenvalue weighted by Gasteiger charge is -2.09. The van der Waals surface area contributed by atoms with E-state index >= 15 is 0 Å². The number of rotatable bonds is 7.